The fourth-order valence-corrected chi connectivity index (χ4v) is 3.61. The molecule has 4 rings (SSSR count). The van der Waals surface area contributed by atoms with Crippen molar-refractivity contribution in [2.45, 2.75) is 13.5 Å². The van der Waals surface area contributed by atoms with Gasteiger partial charge >= 0.3 is 0 Å². The number of rotatable bonds is 6. The van der Waals surface area contributed by atoms with Crippen LogP contribution in [0.1, 0.15) is 21.7 Å². The van der Waals surface area contributed by atoms with Gasteiger partial charge in [-0.3, -0.25) is 14.5 Å². The van der Waals surface area contributed by atoms with E-state index in [9.17, 15) is 9.59 Å². The Morgan fingerprint density at radius 2 is 1.85 bits per heavy atom. The summed E-state index contributed by atoms with van der Waals surface area (Å²) in [5.74, 6) is 0.884. The number of hydrogen-bond donors (Lipinski definition) is 0. The smallest absolute Gasteiger partial charge is 0.295 e. The van der Waals surface area contributed by atoms with Gasteiger partial charge in [0.15, 0.2) is 22.7 Å². The normalized spacial score (nSPS) is 10.8. The molecule has 0 atom stereocenters. The zero-order valence-electron chi connectivity index (χ0n) is 18.3. The number of methoxy groups -OCH3 is 2. The molecule has 4 aromatic rings. The van der Waals surface area contributed by atoms with E-state index >= 15 is 0 Å². The van der Waals surface area contributed by atoms with Gasteiger partial charge in [-0.1, -0.05) is 23.7 Å². The topological polar surface area (TPSA) is 81.9 Å². The van der Waals surface area contributed by atoms with Crippen molar-refractivity contribution in [3.05, 3.63) is 92.9 Å². The molecule has 7 nitrogen and oxygen atoms in total. The van der Waals surface area contributed by atoms with Crippen LogP contribution >= 0.6 is 11.6 Å². The van der Waals surface area contributed by atoms with Gasteiger partial charge in [0.1, 0.15) is 11.4 Å². The van der Waals surface area contributed by atoms with Crippen molar-refractivity contribution in [3.8, 4) is 11.5 Å². The first-order valence-electron chi connectivity index (χ1n) is 10.1. The number of carbonyl (C=O) groups is 1. The van der Waals surface area contributed by atoms with E-state index in [4.69, 9.17) is 25.5 Å². The number of nitrogens with zero attached hydrogens (tertiary/aromatic N) is 2. The summed E-state index contributed by atoms with van der Waals surface area (Å²) in [5, 5.41) is 0.805. The van der Waals surface area contributed by atoms with E-state index in [1.807, 2.05) is 6.07 Å². The summed E-state index contributed by atoms with van der Waals surface area (Å²) >= 11 is 6.20. The molecule has 0 fully saturated rings. The van der Waals surface area contributed by atoms with Crippen LogP contribution in [0.5, 0.6) is 11.5 Å². The predicted molar refractivity (Wildman–Crippen MR) is 127 cm³/mol. The first-order chi connectivity index (χ1) is 15.9. The summed E-state index contributed by atoms with van der Waals surface area (Å²) in [6.07, 6.45) is 1.59. The summed E-state index contributed by atoms with van der Waals surface area (Å²) < 4.78 is 16.5. The SMILES string of the molecule is COc1ccc(CN(C(=O)c2cc(=O)c3cc(C)c(Cl)cc3o2)c2ccccn2)cc1OC. The van der Waals surface area contributed by atoms with Crippen LogP contribution in [0, 0.1) is 6.92 Å². The fourth-order valence-electron chi connectivity index (χ4n) is 3.46. The Bertz CT molecular complexity index is 1390. The maximum Gasteiger partial charge on any atom is 0.295 e. The third-order valence-electron chi connectivity index (χ3n) is 5.18. The molecule has 1 amide bonds. The van der Waals surface area contributed by atoms with E-state index in [1.165, 1.54) is 11.0 Å². The van der Waals surface area contributed by atoms with Crippen LogP contribution in [-0.4, -0.2) is 25.1 Å². The van der Waals surface area contributed by atoms with Crippen LogP contribution in [0.2, 0.25) is 5.02 Å². The van der Waals surface area contributed by atoms with Crippen molar-refractivity contribution in [2.24, 2.45) is 0 Å². The molecule has 8 heteroatoms. The molecule has 0 spiro atoms. The van der Waals surface area contributed by atoms with Crippen molar-refractivity contribution in [2.75, 3.05) is 19.1 Å². The minimum absolute atomic E-state index is 0.112. The molecule has 168 valence electrons. The van der Waals surface area contributed by atoms with Crippen molar-refractivity contribution in [1.82, 2.24) is 4.98 Å². The second-order valence-electron chi connectivity index (χ2n) is 7.34. The minimum Gasteiger partial charge on any atom is -0.493 e. The number of pyridine rings is 1. The average molecular weight is 465 g/mol. The van der Waals surface area contributed by atoms with Crippen LogP contribution < -0.4 is 19.8 Å². The van der Waals surface area contributed by atoms with Gasteiger partial charge in [-0.15, -0.1) is 0 Å². The number of fused-ring (bicyclic) bond motifs is 1. The predicted octanol–water partition coefficient (Wildman–Crippen LogP) is 5.01. The highest BCUT2D eigenvalue weighted by molar-refractivity contribution is 6.32. The van der Waals surface area contributed by atoms with Crippen molar-refractivity contribution < 1.29 is 18.7 Å². The molecule has 0 N–H and O–H groups in total. The summed E-state index contributed by atoms with van der Waals surface area (Å²) in [7, 11) is 3.09. The molecule has 0 bridgehead atoms. The zero-order valence-corrected chi connectivity index (χ0v) is 19.1. The van der Waals surface area contributed by atoms with Crippen LogP contribution in [0.15, 0.2) is 70.0 Å². The van der Waals surface area contributed by atoms with Crippen molar-refractivity contribution >= 4 is 34.3 Å². The van der Waals surface area contributed by atoms with Crippen molar-refractivity contribution in [3.63, 3.8) is 0 Å². The molecule has 0 saturated heterocycles. The Morgan fingerprint density at radius 1 is 1.06 bits per heavy atom. The Labute approximate surface area is 195 Å². The molecular formula is C25H21ClN2O5. The monoisotopic (exact) mass is 464 g/mol. The fraction of sp³-hybridized carbons (Fsp3) is 0.160. The van der Waals surface area contributed by atoms with Gasteiger partial charge in [-0.25, -0.2) is 4.98 Å². The highest BCUT2D eigenvalue weighted by atomic mass is 35.5. The lowest BCUT2D eigenvalue weighted by molar-refractivity contribution is 0.0958. The standard InChI is InChI=1S/C25H21ClN2O5/c1-15-10-17-19(29)13-23(33-21(17)12-18(15)26)25(30)28(24-6-4-5-9-27-24)14-16-7-8-20(31-2)22(11-16)32-3/h4-13H,14H2,1-3H3. The van der Waals surface area contributed by atoms with Crippen LogP contribution in [0.4, 0.5) is 5.82 Å². The molecule has 0 aliphatic heterocycles. The Kier molecular flexibility index (Phi) is 6.33. The quantitative estimate of drug-likeness (QED) is 0.398. The lowest BCUT2D eigenvalue weighted by Gasteiger charge is -2.22. The number of aromatic nitrogens is 1. The molecule has 0 saturated carbocycles. The number of aryl methyl sites for hydroxylation is 1. The van der Waals surface area contributed by atoms with Crippen LogP contribution in [0.3, 0.4) is 0 Å². The highest BCUT2D eigenvalue weighted by Crippen LogP contribution is 2.29. The van der Waals surface area contributed by atoms with Gasteiger partial charge in [0.25, 0.3) is 5.91 Å². The molecule has 2 aromatic heterocycles. The minimum atomic E-state index is -0.515. The van der Waals surface area contributed by atoms with Gasteiger partial charge in [0, 0.05) is 23.4 Å². The number of carbonyl (C=O) groups excluding carboxylic acids is 1. The molecule has 0 unspecified atom stereocenters. The summed E-state index contributed by atoms with van der Waals surface area (Å²) in [4.78, 5) is 32.0. The van der Waals surface area contributed by atoms with Crippen molar-refractivity contribution in [1.29, 1.82) is 0 Å². The van der Waals surface area contributed by atoms with E-state index in [0.29, 0.717) is 27.7 Å². The van der Waals surface area contributed by atoms with E-state index in [0.717, 1.165) is 11.1 Å². The Balaban J connectivity index is 1.78. The number of hydrogen-bond acceptors (Lipinski definition) is 6. The second-order valence-corrected chi connectivity index (χ2v) is 7.75. The molecule has 0 aliphatic rings. The number of halogens is 1. The number of benzene rings is 2. The maximum atomic E-state index is 13.5. The highest BCUT2D eigenvalue weighted by Gasteiger charge is 2.23. The lowest BCUT2D eigenvalue weighted by atomic mass is 10.1. The molecular weight excluding hydrogens is 444 g/mol. The summed E-state index contributed by atoms with van der Waals surface area (Å²) in [6.45, 7) is 1.96. The number of anilines is 1. The molecule has 0 radical (unpaired) electrons. The Morgan fingerprint density at radius 3 is 2.55 bits per heavy atom. The Hall–Kier alpha value is -3.84. The third-order valence-corrected chi connectivity index (χ3v) is 5.59. The second kappa shape index (κ2) is 9.34. The maximum absolute atomic E-state index is 13.5. The van der Waals surface area contributed by atoms with E-state index in [1.54, 1.807) is 69.8 Å². The number of amides is 1. The van der Waals surface area contributed by atoms with E-state index in [-0.39, 0.29) is 23.3 Å². The first-order valence-corrected chi connectivity index (χ1v) is 10.5. The largest absolute Gasteiger partial charge is 0.493 e. The summed E-state index contributed by atoms with van der Waals surface area (Å²) in [5.41, 5.74) is 1.44. The van der Waals surface area contributed by atoms with Gasteiger partial charge in [0.2, 0.25) is 0 Å². The van der Waals surface area contributed by atoms with Gasteiger partial charge in [-0.05, 0) is 48.4 Å². The van der Waals surface area contributed by atoms with Gasteiger partial charge in [-0.2, -0.15) is 0 Å². The zero-order chi connectivity index (χ0) is 23.5. The molecule has 33 heavy (non-hydrogen) atoms. The summed E-state index contributed by atoms with van der Waals surface area (Å²) in [6, 6.07) is 15.0. The lowest BCUT2D eigenvalue weighted by Crippen LogP contribution is -2.31. The van der Waals surface area contributed by atoms with Gasteiger partial charge in [0.05, 0.1) is 26.2 Å². The van der Waals surface area contributed by atoms with Gasteiger partial charge < -0.3 is 13.9 Å². The van der Waals surface area contributed by atoms with E-state index in [2.05, 4.69) is 4.98 Å². The van der Waals surface area contributed by atoms with Crippen LogP contribution in [-0.2, 0) is 6.54 Å². The third kappa shape index (κ3) is 4.54. The molecule has 0 aliphatic carbocycles. The first kappa shape index (κ1) is 22.4. The molecule has 2 aromatic carbocycles. The van der Waals surface area contributed by atoms with E-state index < -0.39 is 5.91 Å². The number of ether oxygens (including phenoxy) is 2. The van der Waals surface area contributed by atoms with Crippen LogP contribution in [0.25, 0.3) is 11.0 Å². The average Bonchev–Trinajstić information content (AvgIpc) is 2.83. The molecule has 2 heterocycles.